The fourth-order valence-electron chi connectivity index (χ4n) is 4.40. The Bertz CT molecular complexity index is 1240. The molecule has 1 unspecified atom stereocenters. The first-order chi connectivity index (χ1) is 17.4. The molecule has 37 heavy (non-hydrogen) atoms. The third-order valence-electron chi connectivity index (χ3n) is 6.66. The van der Waals surface area contributed by atoms with E-state index in [0.29, 0.717) is 17.1 Å². The van der Waals surface area contributed by atoms with E-state index in [0.717, 1.165) is 37.7 Å². The van der Waals surface area contributed by atoms with Gasteiger partial charge in [0, 0.05) is 29.5 Å². The van der Waals surface area contributed by atoms with Crippen LogP contribution in [0.2, 0.25) is 10.0 Å². The van der Waals surface area contributed by atoms with Gasteiger partial charge in [0.05, 0.1) is 20.6 Å². The Balaban J connectivity index is 1.60. The summed E-state index contributed by atoms with van der Waals surface area (Å²) in [4.78, 5) is 25.1. The molecule has 3 N–H and O–H groups in total. The average Bonchev–Trinajstić information content (AvgIpc) is 2.77. The molecule has 0 saturated heterocycles. The van der Waals surface area contributed by atoms with Crippen molar-refractivity contribution in [3.63, 3.8) is 0 Å². The van der Waals surface area contributed by atoms with Crippen molar-refractivity contribution >= 4 is 67.8 Å². The van der Waals surface area contributed by atoms with E-state index in [1.807, 2.05) is 0 Å². The molecule has 1 atom stereocenters. The van der Waals surface area contributed by atoms with Gasteiger partial charge in [-0.1, -0.05) is 66.5 Å². The van der Waals surface area contributed by atoms with Crippen LogP contribution in [0.5, 0.6) is 0 Å². The molecule has 11 heteroatoms. The van der Waals surface area contributed by atoms with Crippen LogP contribution < -0.4 is 10.6 Å². The number of sulfone groups is 1. The number of carboxylic acids is 1. The summed E-state index contributed by atoms with van der Waals surface area (Å²) in [5, 5.41) is 16.1. The van der Waals surface area contributed by atoms with Crippen LogP contribution in [-0.2, 0) is 21.1 Å². The molecule has 3 rings (SSSR count). The Kier molecular flexibility index (Phi) is 9.97. The largest absolute Gasteiger partial charge is 0.480 e. The van der Waals surface area contributed by atoms with Crippen molar-refractivity contribution in [1.29, 1.82) is 0 Å². The molecule has 7 nitrogen and oxygen atoms in total. The Morgan fingerprint density at radius 3 is 2.22 bits per heavy atom. The number of benzene rings is 2. The smallest absolute Gasteiger partial charge is 0.326 e. The highest BCUT2D eigenvalue weighted by molar-refractivity contribution is 7.90. The van der Waals surface area contributed by atoms with E-state index < -0.39 is 27.8 Å². The van der Waals surface area contributed by atoms with E-state index >= 15 is 0 Å². The second kappa shape index (κ2) is 12.6. The zero-order chi connectivity index (χ0) is 27.2. The lowest BCUT2D eigenvalue weighted by atomic mass is 9.65. The van der Waals surface area contributed by atoms with Crippen LogP contribution in [0.4, 0.5) is 5.69 Å². The number of hydrogen-bond acceptors (Lipinski definition) is 5. The number of amides is 1. The van der Waals surface area contributed by atoms with E-state index in [9.17, 15) is 23.1 Å². The molecular formula is C26H30Cl2N2O5S2. The van der Waals surface area contributed by atoms with Crippen molar-refractivity contribution in [3.05, 3.63) is 63.6 Å². The highest BCUT2D eigenvalue weighted by Crippen LogP contribution is 2.46. The first kappa shape index (κ1) is 29.4. The van der Waals surface area contributed by atoms with Gasteiger partial charge in [0.2, 0.25) is 0 Å². The van der Waals surface area contributed by atoms with Crippen LogP contribution >= 0.6 is 35.4 Å². The lowest BCUT2D eigenvalue weighted by Gasteiger charge is -2.43. The summed E-state index contributed by atoms with van der Waals surface area (Å²) in [6.07, 6.45) is 6.20. The Morgan fingerprint density at radius 1 is 1.08 bits per heavy atom. The Hall–Kier alpha value is -2.20. The summed E-state index contributed by atoms with van der Waals surface area (Å²) in [6, 6.07) is 10.8. The van der Waals surface area contributed by atoms with Crippen LogP contribution in [0, 0.1) is 5.41 Å². The van der Waals surface area contributed by atoms with Crippen molar-refractivity contribution in [2.24, 2.45) is 5.41 Å². The number of unbranched alkanes of at least 4 members (excludes halogenated alkanes) is 1. The van der Waals surface area contributed by atoms with E-state index in [4.69, 9.17) is 35.4 Å². The van der Waals surface area contributed by atoms with Gasteiger partial charge in [-0.3, -0.25) is 4.79 Å². The lowest BCUT2D eigenvalue weighted by Crippen LogP contribution is -2.51. The molecule has 0 bridgehead atoms. The molecule has 1 saturated carbocycles. The standard InChI is InChI=1S/C26H30Cl2N2O5S2/c1-37(34,35)15-3-2-12-26(13-5-14-26)25(36)30-21(24(32)33)16-17-8-10-18(11-9-17)29-23(31)22-19(27)6-4-7-20(22)28/h4,6-11,21H,2-3,5,12-16H2,1H3,(H,29,31)(H,30,36)(H,32,33). The molecule has 1 amide bonds. The highest BCUT2D eigenvalue weighted by Gasteiger charge is 2.41. The van der Waals surface area contributed by atoms with Gasteiger partial charge in [0.15, 0.2) is 0 Å². The van der Waals surface area contributed by atoms with Crippen molar-refractivity contribution < 1.29 is 23.1 Å². The van der Waals surface area contributed by atoms with Gasteiger partial charge >= 0.3 is 5.97 Å². The van der Waals surface area contributed by atoms with Gasteiger partial charge in [-0.2, -0.15) is 0 Å². The van der Waals surface area contributed by atoms with Crippen LogP contribution in [0.1, 0.15) is 54.4 Å². The van der Waals surface area contributed by atoms with E-state index in [-0.39, 0.29) is 33.2 Å². The molecule has 1 aliphatic rings. The topological polar surface area (TPSA) is 113 Å². The van der Waals surface area contributed by atoms with Gasteiger partial charge in [-0.25, -0.2) is 13.2 Å². The maximum absolute atomic E-state index is 12.6. The molecule has 1 aliphatic carbocycles. The third kappa shape index (κ3) is 8.14. The first-order valence-corrected chi connectivity index (χ1v) is 15.2. The number of carbonyl (C=O) groups excluding carboxylic acids is 1. The third-order valence-corrected chi connectivity index (χ3v) is 8.87. The predicted octanol–water partition coefficient (Wildman–Crippen LogP) is 5.54. The number of aliphatic carboxylic acids is 1. The summed E-state index contributed by atoms with van der Waals surface area (Å²) < 4.78 is 22.8. The number of halogens is 2. The molecule has 200 valence electrons. The minimum atomic E-state index is -3.00. The molecule has 1 fully saturated rings. The minimum absolute atomic E-state index is 0.142. The van der Waals surface area contributed by atoms with Crippen molar-refractivity contribution in [1.82, 2.24) is 5.32 Å². The molecule has 0 radical (unpaired) electrons. The van der Waals surface area contributed by atoms with Crippen molar-refractivity contribution in [2.45, 2.75) is 51.0 Å². The molecular weight excluding hydrogens is 555 g/mol. The number of carboxylic acid groups (broad SMARTS) is 1. The first-order valence-electron chi connectivity index (χ1n) is 12.0. The van der Waals surface area contributed by atoms with Crippen LogP contribution in [0.15, 0.2) is 42.5 Å². The van der Waals surface area contributed by atoms with E-state index in [1.165, 1.54) is 6.26 Å². The molecule has 0 spiro atoms. The summed E-state index contributed by atoms with van der Waals surface area (Å²) >= 11 is 17.9. The van der Waals surface area contributed by atoms with Crippen LogP contribution in [-0.4, -0.2) is 48.4 Å². The number of nitrogens with one attached hydrogen (secondary N) is 2. The lowest BCUT2D eigenvalue weighted by molar-refractivity contribution is -0.139. The molecule has 0 heterocycles. The fourth-order valence-corrected chi connectivity index (χ4v) is 6.15. The Labute approximate surface area is 232 Å². The minimum Gasteiger partial charge on any atom is -0.480 e. The monoisotopic (exact) mass is 584 g/mol. The number of hydrogen-bond donors (Lipinski definition) is 3. The second-order valence-electron chi connectivity index (χ2n) is 9.54. The number of carbonyl (C=O) groups is 2. The maximum Gasteiger partial charge on any atom is 0.326 e. The number of rotatable bonds is 12. The highest BCUT2D eigenvalue weighted by atomic mass is 35.5. The summed E-state index contributed by atoms with van der Waals surface area (Å²) in [5.41, 5.74) is 1.18. The Morgan fingerprint density at radius 2 is 1.70 bits per heavy atom. The van der Waals surface area contributed by atoms with Crippen LogP contribution in [0.25, 0.3) is 0 Å². The molecule has 0 aromatic heterocycles. The van der Waals surface area contributed by atoms with Crippen molar-refractivity contribution in [2.75, 3.05) is 17.3 Å². The normalized spacial score (nSPS) is 15.3. The summed E-state index contributed by atoms with van der Waals surface area (Å²) in [7, 11) is -3.00. The molecule has 2 aromatic carbocycles. The second-order valence-corrected chi connectivity index (χ2v) is 13.0. The average molecular weight is 586 g/mol. The fraction of sp³-hybridized carbons (Fsp3) is 0.423. The van der Waals surface area contributed by atoms with E-state index in [2.05, 4.69) is 10.6 Å². The quantitative estimate of drug-likeness (QED) is 0.221. The van der Waals surface area contributed by atoms with Crippen molar-refractivity contribution in [3.8, 4) is 0 Å². The molecule has 2 aromatic rings. The predicted molar refractivity (Wildman–Crippen MR) is 152 cm³/mol. The van der Waals surface area contributed by atoms with E-state index in [1.54, 1.807) is 42.5 Å². The van der Waals surface area contributed by atoms with Gasteiger partial charge in [0.1, 0.15) is 15.9 Å². The number of anilines is 1. The van der Waals surface area contributed by atoms with Gasteiger partial charge < -0.3 is 15.7 Å². The van der Waals surface area contributed by atoms with Gasteiger partial charge in [-0.15, -0.1) is 0 Å². The molecule has 0 aliphatic heterocycles. The maximum atomic E-state index is 12.6. The summed E-state index contributed by atoms with van der Waals surface area (Å²) in [5.74, 6) is -1.32. The summed E-state index contributed by atoms with van der Waals surface area (Å²) in [6.45, 7) is 0. The SMILES string of the molecule is CS(=O)(=O)CCCCC1(C(=S)NC(Cc2ccc(NC(=O)c3c(Cl)cccc3Cl)cc2)C(=O)O)CCC1. The zero-order valence-electron chi connectivity index (χ0n) is 20.4. The van der Waals surface area contributed by atoms with Gasteiger partial charge in [0.25, 0.3) is 5.91 Å². The van der Waals surface area contributed by atoms with Gasteiger partial charge in [-0.05, 0) is 55.5 Å². The zero-order valence-corrected chi connectivity index (χ0v) is 23.6. The van der Waals surface area contributed by atoms with Crippen LogP contribution in [0.3, 0.4) is 0 Å². The number of thiocarbonyl (C=S) groups is 1.